The predicted molar refractivity (Wildman–Crippen MR) is 78.3 cm³/mol. The lowest BCUT2D eigenvalue weighted by atomic mass is 9.95. The number of hydrogen-bond donors (Lipinski definition) is 0. The zero-order valence-corrected chi connectivity index (χ0v) is 13.0. The SMILES string of the molecule is CN(C1CCCCC1Cl)S(=O)(=O)c1ccccc1Cl. The van der Waals surface area contributed by atoms with E-state index in [1.165, 1.54) is 10.4 Å². The molecule has 0 spiro atoms. The fourth-order valence-corrected chi connectivity index (χ4v) is 4.89. The Kier molecular flexibility index (Phi) is 4.77. The summed E-state index contributed by atoms with van der Waals surface area (Å²) in [6.07, 6.45) is 3.73. The lowest BCUT2D eigenvalue weighted by molar-refractivity contribution is 0.291. The maximum Gasteiger partial charge on any atom is 0.244 e. The third-order valence-corrected chi connectivity index (χ3v) is 6.50. The van der Waals surface area contributed by atoms with Crippen LogP contribution >= 0.6 is 23.2 Å². The minimum absolute atomic E-state index is 0.129. The molecule has 2 rings (SSSR count). The maximum atomic E-state index is 12.6. The van der Waals surface area contributed by atoms with Crippen molar-refractivity contribution in [3.63, 3.8) is 0 Å². The van der Waals surface area contributed by atoms with Gasteiger partial charge in [-0.05, 0) is 25.0 Å². The first-order chi connectivity index (χ1) is 8.94. The molecule has 1 aromatic carbocycles. The second-order valence-electron chi connectivity index (χ2n) is 4.82. The van der Waals surface area contributed by atoms with E-state index in [9.17, 15) is 8.42 Å². The van der Waals surface area contributed by atoms with Crippen LogP contribution in [0, 0.1) is 0 Å². The molecule has 0 aliphatic heterocycles. The molecule has 19 heavy (non-hydrogen) atoms. The summed E-state index contributed by atoms with van der Waals surface area (Å²) in [5, 5.41) is 0.118. The number of nitrogens with zero attached hydrogens (tertiary/aromatic N) is 1. The molecule has 0 aromatic heterocycles. The van der Waals surface area contributed by atoms with Gasteiger partial charge in [-0.15, -0.1) is 11.6 Å². The summed E-state index contributed by atoms with van der Waals surface area (Å²) in [6.45, 7) is 0. The highest BCUT2D eigenvalue weighted by atomic mass is 35.5. The quantitative estimate of drug-likeness (QED) is 0.799. The van der Waals surface area contributed by atoms with E-state index in [0.717, 1.165) is 25.7 Å². The van der Waals surface area contributed by atoms with Gasteiger partial charge < -0.3 is 0 Å². The average Bonchev–Trinajstić information content (AvgIpc) is 2.39. The summed E-state index contributed by atoms with van der Waals surface area (Å²) in [7, 11) is -2.00. The van der Waals surface area contributed by atoms with E-state index >= 15 is 0 Å². The number of hydrogen-bond acceptors (Lipinski definition) is 2. The van der Waals surface area contributed by atoms with Crippen molar-refractivity contribution < 1.29 is 8.42 Å². The molecule has 1 aliphatic rings. The Bertz CT molecular complexity index is 547. The van der Waals surface area contributed by atoms with Gasteiger partial charge in [0.25, 0.3) is 0 Å². The largest absolute Gasteiger partial charge is 0.244 e. The maximum absolute atomic E-state index is 12.6. The molecule has 0 radical (unpaired) electrons. The third-order valence-electron chi connectivity index (χ3n) is 3.61. The molecule has 6 heteroatoms. The Morgan fingerprint density at radius 1 is 1.21 bits per heavy atom. The lowest BCUT2D eigenvalue weighted by Crippen LogP contribution is -2.44. The summed E-state index contributed by atoms with van der Waals surface area (Å²) < 4.78 is 26.5. The summed E-state index contributed by atoms with van der Waals surface area (Å²) in [5.74, 6) is 0. The molecule has 0 saturated heterocycles. The van der Waals surface area contributed by atoms with E-state index in [2.05, 4.69) is 0 Å². The fraction of sp³-hybridized carbons (Fsp3) is 0.538. The molecule has 3 nitrogen and oxygen atoms in total. The Morgan fingerprint density at radius 2 is 1.84 bits per heavy atom. The molecule has 2 atom stereocenters. The van der Waals surface area contributed by atoms with Gasteiger partial charge in [-0.2, -0.15) is 4.31 Å². The van der Waals surface area contributed by atoms with E-state index in [-0.39, 0.29) is 21.3 Å². The van der Waals surface area contributed by atoms with E-state index in [4.69, 9.17) is 23.2 Å². The van der Waals surface area contributed by atoms with Gasteiger partial charge in [-0.25, -0.2) is 8.42 Å². The second kappa shape index (κ2) is 6.00. The normalized spacial score (nSPS) is 24.6. The van der Waals surface area contributed by atoms with Crippen LogP contribution in [0.3, 0.4) is 0 Å². The number of alkyl halides is 1. The van der Waals surface area contributed by atoms with Gasteiger partial charge in [0.15, 0.2) is 0 Å². The molecule has 1 aromatic rings. The molecule has 0 amide bonds. The van der Waals surface area contributed by atoms with E-state index in [0.29, 0.717) is 0 Å². The van der Waals surface area contributed by atoms with E-state index in [1.54, 1.807) is 25.2 Å². The molecule has 0 heterocycles. The summed E-state index contributed by atoms with van der Waals surface area (Å²) >= 11 is 12.3. The highest BCUT2D eigenvalue weighted by Gasteiger charge is 2.34. The minimum atomic E-state index is -3.59. The van der Waals surface area contributed by atoms with Crippen molar-refractivity contribution in [3.05, 3.63) is 29.3 Å². The van der Waals surface area contributed by atoms with Crippen molar-refractivity contribution in [2.45, 2.75) is 42.0 Å². The van der Waals surface area contributed by atoms with Crippen LogP contribution in [-0.2, 0) is 10.0 Å². The van der Waals surface area contributed by atoms with Gasteiger partial charge in [-0.3, -0.25) is 0 Å². The van der Waals surface area contributed by atoms with Crippen LogP contribution in [0.5, 0.6) is 0 Å². The standard InChI is InChI=1S/C13H17Cl2NO2S/c1-16(12-8-4-2-6-10(12)14)19(17,18)13-9-5-3-7-11(13)15/h3,5,7,9-10,12H,2,4,6,8H2,1H3. The van der Waals surface area contributed by atoms with E-state index in [1.807, 2.05) is 0 Å². The molecular formula is C13H17Cl2NO2S. The Labute approximate surface area is 124 Å². The van der Waals surface area contributed by atoms with Gasteiger partial charge in [0.1, 0.15) is 4.90 Å². The van der Waals surface area contributed by atoms with Crippen LogP contribution < -0.4 is 0 Å². The molecule has 1 fully saturated rings. The van der Waals surface area contributed by atoms with Crippen molar-refractivity contribution in [1.82, 2.24) is 4.31 Å². The molecule has 0 N–H and O–H groups in total. The molecule has 1 saturated carbocycles. The summed E-state index contributed by atoms with van der Waals surface area (Å²) in [5.41, 5.74) is 0. The molecule has 106 valence electrons. The molecule has 0 bridgehead atoms. The number of halogens is 2. The molecule has 1 aliphatic carbocycles. The topological polar surface area (TPSA) is 37.4 Å². The molecule has 2 unspecified atom stereocenters. The van der Waals surface area contributed by atoms with E-state index < -0.39 is 10.0 Å². The van der Waals surface area contributed by atoms with Gasteiger partial charge in [-0.1, -0.05) is 36.6 Å². The number of benzene rings is 1. The van der Waals surface area contributed by atoms with Crippen LogP contribution in [-0.4, -0.2) is 31.2 Å². The van der Waals surface area contributed by atoms with Crippen molar-refractivity contribution in [1.29, 1.82) is 0 Å². The first kappa shape index (κ1) is 15.1. The predicted octanol–water partition coefficient (Wildman–Crippen LogP) is 3.51. The third kappa shape index (κ3) is 3.07. The first-order valence-corrected chi connectivity index (χ1v) is 8.56. The fourth-order valence-electron chi connectivity index (χ4n) is 2.46. The van der Waals surface area contributed by atoms with Crippen LogP contribution in [0.1, 0.15) is 25.7 Å². The minimum Gasteiger partial charge on any atom is -0.207 e. The number of rotatable bonds is 3. The van der Waals surface area contributed by atoms with Crippen molar-refractivity contribution in [3.8, 4) is 0 Å². The van der Waals surface area contributed by atoms with Gasteiger partial charge in [0.05, 0.1) is 10.4 Å². The van der Waals surface area contributed by atoms with Crippen LogP contribution in [0.4, 0.5) is 0 Å². The lowest BCUT2D eigenvalue weighted by Gasteiger charge is -2.34. The second-order valence-corrected chi connectivity index (χ2v) is 7.75. The highest BCUT2D eigenvalue weighted by molar-refractivity contribution is 7.89. The Morgan fingerprint density at radius 3 is 2.47 bits per heavy atom. The van der Waals surface area contributed by atoms with Gasteiger partial charge in [0, 0.05) is 13.1 Å². The van der Waals surface area contributed by atoms with Crippen LogP contribution in [0.2, 0.25) is 5.02 Å². The van der Waals surface area contributed by atoms with Gasteiger partial charge in [0.2, 0.25) is 10.0 Å². The average molecular weight is 322 g/mol. The van der Waals surface area contributed by atoms with Crippen molar-refractivity contribution >= 4 is 33.2 Å². The molecular weight excluding hydrogens is 305 g/mol. The Hall–Kier alpha value is -0.290. The van der Waals surface area contributed by atoms with Gasteiger partial charge >= 0.3 is 0 Å². The summed E-state index contributed by atoms with van der Waals surface area (Å²) in [4.78, 5) is 0.147. The smallest absolute Gasteiger partial charge is 0.207 e. The zero-order valence-electron chi connectivity index (χ0n) is 10.7. The Balaban J connectivity index is 2.31. The highest BCUT2D eigenvalue weighted by Crippen LogP contribution is 2.31. The monoisotopic (exact) mass is 321 g/mol. The number of sulfonamides is 1. The van der Waals surface area contributed by atoms with Crippen LogP contribution in [0.25, 0.3) is 0 Å². The summed E-state index contributed by atoms with van der Waals surface area (Å²) in [6, 6.07) is 6.34. The van der Waals surface area contributed by atoms with Crippen molar-refractivity contribution in [2.24, 2.45) is 0 Å². The zero-order chi connectivity index (χ0) is 14.0. The van der Waals surface area contributed by atoms with Crippen molar-refractivity contribution in [2.75, 3.05) is 7.05 Å². The first-order valence-electron chi connectivity index (χ1n) is 6.31. The van der Waals surface area contributed by atoms with Crippen LogP contribution in [0.15, 0.2) is 29.2 Å².